The summed E-state index contributed by atoms with van der Waals surface area (Å²) >= 11 is 6.10. The van der Waals surface area contributed by atoms with Crippen LogP contribution in [0.3, 0.4) is 0 Å². The van der Waals surface area contributed by atoms with Crippen LogP contribution >= 0.6 is 11.6 Å². The Morgan fingerprint density at radius 1 is 1.19 bits per heavy atom. The molecule has 0 saturated carbocycles. The monoisotopic (exact) mass is 300 g/mol. The molecule has 0 bridgehead atoms. The molecule has 0 saturated heterocycles. The second-order valence-corrected chi connectivity index (χ2v) is 4.58. The van der Waals surface area contributed by atoms with Crippen LogP contribution in [0.25, 0.3) is 27.2 Å². The Balaban J connectivity index is 2.08. The van der Waals surface area contributed by atoms with Crippen molar-refractivity contribution in [3.05, 3.63) is 51.9 Å². The SMILES string of the molecule is COc1ccc(-n2nc3ccc(N=[N+]=[N-])cc3n2)cc1Cl. The van der Waals surface area contributed by atoms with Gasteiger partial charge in [-0.3, -0.25) is 0 Å². The van der Waals surface area contributed by atoms with E-state index in [1.165, 1.54) is 4.80 Å². The second kappa shape index (κ2) is 5.32. The van der Waals surface area contributed by atoms with Crippen LogP contribution in [-0.2, 0) is 0 Å². The predicted octanol–water partition coefficient (Wildman–Crippen LogP) is 4.02. The Bertz CT molecular complexity index is 868. The van der Waals surface area contributed by atoms with Gasteiger partial charge in [-0.15, -0.1) is 10.2 Å². The van der Waals surface area contributed by atoms with Crippen LogP contribution < -0.4 is 4.74 Å². The zero-order valence-electron chi connectivity index (χ0n) is 10.9. The first-order chi connectivity index (χ1) is 10.2. The number of azide groups is 1. The lowest BCUT2D eigenvalue weighted by atomic mass is 10.3. The maximum atomic E-state index is 8.45. The summed E-state index contributed by atoms with van der Waals surface area (Å²) in [7, 11) is 1.55. The number of aromatic nitrogens is 3. The molecular formula is C13H9ClN6O. The quantitative estimate of drug-likeness (QED) is 0.415. The topological polar surface area (TPSA) is 88.7 Å². The summed E-state index contributed by atoms with van der Waals surface area (Å²) in [6.45, 7) is 0. The number of ether oxygens (including phenoxy) is 1. The molecule has 1 heterocycles. The van der Waals surface area contributed by atoms with E-state index in [2.05, 4.69) is 20.2 Å². The highest BCUT2D eigenvalue weighted by Crippen LogP contribution is 2.27. The third kappa shape index (κ3) is 2.47. The molecule has 3 rings (SSSR count). The molecule has 0 N–H and O–H groups in total. The van der Waals surface area contributed by atoms with E-state index in [0.717, 1.165) is 0 Å². The van der Waals surface area contributed by atoms with Crippen molar-refractivity contribution in [2.75, 3.05) is 7.11 Å². The summed E-state index contributed by atoms with van der Waals surface area (Å²) in [5.74, 6) is 0.586. The lowest BCUT2D eigenvalue weighted by molar-refractivity contribution is 0.415. The zero-order chi connectivity index (χ0) is 14.8. The van der Waals surface area contributed by atoms with Crippen molar-refractivity contribution in [3.8, 4) is 11.4 Å². The highest BCUT2D eigenvalue weighted by molar-refractivity contribution is 6.32. The Morgan fingerprint density at radius 3 is 2.71 bits per heavy atom. The molecule has 0 unspecified atom stereocenters. The van der Waals surface area contributed by atoms with E-state index in [0.29, 0.717) is 33.2 Å². The van der Waals surface area contributed by atoms with Gasteiger partial charge in [0.15, 0.2) is 0 Å². The minimum absolute atomic E-state index is 0.478. The van der Waals surface area contributed by atoms with Gasteiger partial charge in [-0.05, 0) is 35.9 Å². The summed E-state index contributed by atoms with van der Waals surface area (Å²) in [5.41, 5.74) is 11.0. The average Bonchev–Trinajstić information content (AvgIpc) is 2.90. The van der Waals surface area contributed by atoms with Gasteiger partial charge in [0.25, 0.3) is 0 Å². The summed E-state index contributed by atoms with van der Waals surface area (Å²) in [4.78, 5) is 4.22. The van der Waals surface area contributed by atoms with Crippen LogP contribution in [0.15, 0.2) is 41.5 Å². The van der Waals surface area contributed by atoms with Crippen LogP contribution in [0.5, 0.6) is 5.75 Å². The maximum Gasteiger partial charge on any atom is 0.137 e. The Hall–Kier alpha value is -2.76. The van der Waals surface area contributed by atoms with E-state index in [1.807, 2.05) is 0 Å². The molecule has 3 aromatic rings. The summed E-state index contributed by atoms with van der Waals surface area (Å²) < 4.78 is 5.11. The van der Waals surface area contributed by atoms with Gasteiger partial charge in [-0.1, -0.05) is 22.8 Å². The molecule has 0 atom stereocenters. The highest BCUT2D eigenvalue weighted by atomic mass is 35.5. The fourth-order valence-electron chi connectivity index (χ4n) is 1.91. The lowest BCUT2D eigenvalue weighted by Crippen LogP contribution is -1.98. The number of rotatable bonds is 3. The zero-order valence-corrected chi connectivity index (χ0v) is 11.7. The molecular weight excluding hydrogens is 292 g/mol. The lowest BCUT2D eigenvalue weighted by Gasteiger charge is -2.04. The van der Waals surface area contributed by atoms with E-state index in [9.17, 15) is 0 Å². The van der Waals surface area contributed by atoms with Gasteiger partial charge in [-0.2, -0.15) is 4.80 Å². The van der Waals surface area contributed by atoms with Crippen LogP contribution in [-0.4, -0.2) is 22.1 Å². The molecule has 21 heavy (non-hydrogen) atoms. The summed E-state index contributed by atoms with van der Waals surface area (Å²) in [6.07, 6.45) is 0. The number of methoxy groups -OCH3 is 1. The molecule has 104 valence electrons. The summed E-state index contributed by atoms with van der Waals surface area (Å²) in [6, 6.07) is 10.4. The van der Waals surface area contributed by atoms with Crippen LogP contribution in [0, 0.1) is 0 Å². The Kier molecular flexibility index (Phi) is 3.35. The summed E-state index contributed by atoms with van der Waals surface area (Å²) in [5, 5.41) is 12.7. The molecule has 7 nitrogen and oxygen atoms in total. The highest BCUT2D eigenvalue weighted by Gasteiger charge is 2.08. The van der Waals surface area contributed by atoms with Crippen molar-refractivity contribution in [1.29, 1.82) is 0 Å². The molecule has 0 amide bonds. The molecule has 8 heteroatoms. The van der Waals surface area contributed by atoms with Crippen molar-refractivity contribution in [2.24, 2.45) is 5.11 Å². The van der Waals surface area contributed by atoms with Gasteiger partial charge in [0.05, 0.1) is 17.8 Å². The molecule has 0 aliphatic heterocycles. The number of benzene rings is 2. The molecule has 0 spiro atoms. The smallest absolute Gasteiger partial charge is 0.137 e. The second-order valence-electron chi connectivity index (χ2n) is 4.17. The Labute approximate surface area is 124 Å². The van der Waals surface area contributed by atoms with E-state index in [4.69, 9.17) is 21.9 Å². The van der Waals surface area contributed by atoms with Crippen molar-refractivity contribution in [1.82, 2.24) is 15.0 Å². The van der Waals surface area contributed by atoms with Crippen molar-refractivity contribution < 1.29 is 4.74 Å². The van der Waals surface area contributed by atoms with Gasteiger partial charge in [0.2, 0.25) is 0 Å². The van der Waals surface area contributed by atoms with Crippen molar-refractivity contribution in [3.63, 3.8) is 0 Å². The fraction of sp³-hybridized carbons (Fsp3) is 0.0769. The number of fused-ring (bicyclic) bond motifs is 1. The average molecular weight is 301 g/mol. The van der Waals surface area contributed by atoms with Gasteiger partial charge in [0.1, 0.15) is 16.8 Å². The van der Waals surface area contributed by atoms with Gasteiger partial charge in [0, 0.05) is 10.6 Å². The van der Waals surface area contributed by atoms with E-state index in [1.54, 1.807) is 43.5 Å². The molecule has 0 aliphatic rings. The minimum Gasteiger partial charge on any atom is -0.495 e. The van der Waals surface area contributed by atoms with Gasteiger partial charge in [-0.25, -0.2) is 0 Å². The fourth-order valence-corrected chi connectivity index (χ4v) is 2.16. The van der Waals surface area contributed by atoms with Crippen molar-refractivity contribution >= 4 is 28.3 Å². The first-order valence-corrected chi connectivity index (χ1v) is 6.35. The van der Waals surface area contributed by atoms with E-state index in [-0.39, 0.29) is 0 Å². The molecule has 0 fully saturated rings. The standard InChI is InChI=1S/C13H9ClN6O/c1-21-13-5-3-9(7-10(13)14)20-17-11-4-2-8(16-19-15)6-12(11)18-20/h2-7H,1H3. The first kappa shape index (κ1) is 13.2. The van der Waals surface area contributed by atoms with Gasteiger partial charge >= 0.3 is 0 Å². The van der Waals surface area contributed by atoms with E-state index >= 15 is 0 Å². The largest absolute Gasteiger partial charge is 0.495 e. The van der Waals surface area contributed by atoms with Crippen molar-refractivity contribution in [2.45, 2.75) is 0 Å². The third-order valence-corrected chi connectivity index (χ3v) is 3.19. The number of hydrogen-bond acceptors (Lipinski definition) is 4. The minimum atomic E-state index is 0.478. The predicted molar refractivity (Wildman–Crippen MR) is 79.2 cm³/mol. The van der Waals surface area contributed by atoms with Crippen LogP contribution in [0.2, 0.25) is 5.02 Å². The van der Waals surface area contributed by atoms with Crippen LogP contribution in [0.4, 0.5) is 5.69 Å². The number of nitrogens with zero attached hydrogens (tertiary/aromatic N) is 6. The Morgan fingerprint density at radius 2 is 2.00 bits per heavy atom. The molecule has 0 radical (unpaired) electrons. The normalized spacial score (nSPS) is 10.4. The number of hydrogen-bond donors (Lipinski definition) is 0. The van der Waals surface area contributed by atoms with E-state index < -0.39 is 0 Å². The van der Waals surface area contributed by atoms with Crippen LogP contribution in [0.1, 0.15) is 0 Å². The first-order valence-electron chi connectivity index (χ1n) is 5.97. The molecule has 0 aliphatic carbocycles. The molecule has 2 aromatic carbocycles. The third-order valence-electron chi connectivity index (χ3n) is 2.89. The van der Waals surface area contributed by atoms with Gasteiger partial charge < -0.3 is 4.74 Å². The molecule has 1 aromatic heterocycles. The number of halogens is 1. The maximum absolute atomic E-state index is 8.45.